The third-order valence-corrected chi connectivity index (χ3v) is 4.77. The van der Waals surface area contributed by atoms with Gasteiger partial charge in [0.2, 0.25) is 0 Å². The minimum absolute atomic E-state index is 0.0306. The summed E-state index contributed by atoms with van der Waals surface area (Å²) in [6, 6.07) is 0.343. The Hall–Kier alpha value is -1.10. The van der Waals surface area contributed by atoms with E-state index in [9.17, 15) is 4.79 Å². The Morgan fingerprint density at radius 3 is 2.68 bits per heavy atom. The van der Waals surface area contributed by atoms with Gasteiger partial charge < -0.3 is 10.6 Å². The fraction of sp³-hybridized carbons (Fsp3) is 0.714. The van der Waals surface area contributed by atoms with Crippen molar-refractivity contribution in [3.63, 3.8) is 0 Å². The summed E-state index contributed by atoms with van der Waals surface area (Å²) in [6.45, 7) is 4.77. The van der Waals surface area contributed by atoms with Crippen LogP contribution in [0.2, 0.25) is 0 Å². The Bertz CT molecular complexity index is 405. The minimum Gasteiger partial charge on any atom is -0.338 e. The van der Waals surface area contributed by atoms with Crippen LogP contribution in [0.25, 0.3) is 0 Å². The zero-order valence-corrected chi connectivity index (χ0v) is 12.6. The maximum Gasteiger partial charge on any atom is 0.315 e. The highest BCUT2D eigenvalue weighted by atomic mass is 32.1. The predicted molar refractivity (Wildman–Crippen MR) is 78.7 cm³/mol. The molecule has 2 N–H and O–H groups in total. The van der Waals surface area contributed by atoms with Gasteiger partial charge in [0, 0.05) is 23.9 Å². The molecule has 1 saturated carbocycles. The first-order valence-electron chi connectivity index (χ1n) is 7.12. The number of rotatable bonds is 4. The quantitative estimate of drug-likeness (QED) is 0.891. The average Bonchev–Trinajstić information content (AvgIpc) is 2.70. The molecule has 0 saturated heterocycles. The number of nitrogens with one attached hydrogen (secondary N) is 2. The number of aryl methyl sites for hydroxylation is 2. The van der Waals surface area contributed by atoms with Crippen LogP contribution in [-0.2, 0) is 6.42 Å². The Balaban J connectivity index is 1.66. The van der Waals surface area contributed by atoms with Crippen LogP contribution in [0.3, 0.4) is 0 Å². The van der Waals surface area contributed by atoms with E-state index in [2.05, 4.69) is 22.5 Å². The molecular weight excluding hydrogens is 258 g/mol. The first kappa shape index (κ1) is 14.3. The van der Waals surface area contributed by atoms with Crippen molar-refractivity contribution in [2.45, 2.75) is 58.4 Å². The molecule has 19 heavy (non-hydrogen) atoms. The summed E-state index contributed by atoms with van der Waals surface area (Å²) in [5.74, 6) is 0. The van der Waals surface area contributed by atoms with Gasteiger partial charge >= 0.3 is 6.03 Å². The molecule has 0 spiro atoms. The Labute approximate surface area is 119 Å². The first-order valence-corrected chi connectivity index (χ1v) is 7.94. The second-order valence-corrected chi connectivity index (χ2v) is 6.52. The predicted octanol–water partition coefficient (Wildman–Crippen LogP) is 2.93. The molecule has 1 aliphatic carbocycles. The molecule has 1 heterocycles. The highest BCUT2D eigenvalue weighted by Crippen LogP contribution is 2.17. The number of carbonyl (C=O) groups excluding carboxylic acids is 1. The van der Waals surface area contributed by atoms with E-state index in [1.165, 1.54) is 24.1 Å². The fourth-order valence-electron chi connectivity index (χ4n) is 2.41. The van der Waals surface area contributed by atoms with Crippen molar-refractivity contribution < 1.29 is 4.79 Å². The summed E-state index contributed by atoms with van der Waals surface area (Å²) in [7, 11) is 0. The number of amides is 2. The van der Waals surface area contributed by atoms with Gasteiger partial charge in [0.25, 0.3) is 0 Å². The molecule has 0 aromatic carbocycles. The number of aromatic nitrogens is 1. The van der Waals surface area contributed by atoms with Crippen LogP contribution in [0.4, 0.5) is 4.79 Å². The van der Waals surface area contributed by atoms with Crippen molar-refractivity contribution in [2.24, 2.45) is 0 Å². The first-order chi connectivity index (χ1) is 9.15. The molecule has 2 rings (SSSR count). The van der Waals surface area contributed by atoms with Gasteiger partial charge in [0.1, 0.15) is 0 Å². The molecule has 4 nitrogen and oxygen atoms in total. The molecule has 0 aliphatic heterocycles. The monoisotopic (exact) mass is 281 g/mol. The van der Waals surface area contributed by atoms with Crippen molar-refractivity contribution in [3.05, 3.63) is 15.6 Å². The summed E-state index contributed by atoms with van der Waals surface area (Å²) >= 11 is 1.72. The standard InChI is InChI=1S/C14H23N3OS/c1-10-11(2)19-13(16-10)8-9-15-14(18)17-12-6-4-3-5-7-12/h12H,3-9H2,1-2H3,(H2,15,17,18). The lowest BCUT2D eigenvalue weighted by atomic mass is 9.96. The maximum atomic E-state index is 11.7. The molecule has 0 radical (unpaired) electrons. The van der Waals surface area contributed by atoms with E-state index in [-0.39, 0.29) is 6.03 Å². The average molecular weight is 281 g/mol. The van der Waals surface area contributed by atoms with Gasteiger partial charge in [-0.15, -0.1) is 11.3 Å². The van der Waals surface area contributed by atoms with Crippen molar-refractivity contribution in [3.8, 4) is 0 Å². The molecule has 2 amide bonds. The lowest BCUT2D eigenvalue weighted by molar-refractivity contribution is 0.233. The van der Waals surface area contributed by atoms with E-state index in [4.69, 9.17) is 0 Å². The molecule has 0 unspecified atom stereocenters. The summed E-state index contributed by atoms with van der Waals surface area (Å²) in [4.78, 5) is 17.5. The second-order valence-electron chi connectivity index (χ2n) is 5.23. The molecule has 0 bridgehead atoms. The third-order valence-electron chi connectivity index (χ3n) is 3.64. The topological polar surface area (TPSA) is 54.0 Å². The van der Waals surface area contributed by atoms with Crippen LogP contribution in [0.1, 0.15) is 47.7 Å². The Morgan fingerprint density at radius 2 is 2.05 bits per heavy atom. The van der Waals surface area contributed by atoms with E-state index in [1.54, 1.807) is 11.3 Å². The van der Waals surface area contributed by atoms with Crippen LogP contribution >= 0.6 is 11.3 Å². The Kier molecular flexibility index (Phi) is 5.19. The van der Waals surface area contributed by atoms with Gasteiger partial charge in [-0.25, -0.2) is 9.78 Å². The van der Waals surface area contributed by atoms with Gasteiger partial charge in [-0.05, 0) is 26.7 Å². The summed E-state index contributed by atoms with van der Waals surface area (Å²) < 4.78 is 0. The van der Waals surface area contributed by atoms with E-state index >= 15 is 0 Å². The van der Waals surface area contributed by atoms with Crippen molar-refractivity contribution >= 4 is 17.4 Å². The normalized spacial score (nSPS) is 16.3. The van der Waals surface area contributed by atoms with E-state index < -0.39 is 0 Å². The summed E-state index contributed by atoms with van der Waals surface area (Å²) in [6.07, 6.45) is 6.85. The minimum atomic E-state index is -0.0306. The van der Waals surface area contributed by atoms with Crippen LogP contribution in [-0.4, -0.2) is 23.6 Å². The zero-order chi connectivity index (χ0) is 13.7. The Morgan fingerprint density at radius 1 is 1.32 bits per heavy atom. The highest BCUT2D eigenvalue weighted by molar-refractivity contribution is 7.11. The van der Waals surface area contributed by atoms with Crippen LogP contribution in [0.15, 0.2) is 0 Å². The number of urea groups is 1. The van der Waals surface area contributed by atoms with E-state index in [0.717, 1.165) is 30.0 Å². The lowest BCUT2D eigenvalue weighted by Crippen LogP contribution is -2.43. The number of hydrogen-bond acceptors (Lipinski definition) is 3. The molecule has 1 aliphatic rings. The third kappa shape index (κ3) is 4.49. The molecule has 5 heteroatoms. The van der Waals surface area contributed by atoms with Gasteiger partial charge in [-0.1, -0.05) is 19.3 Å². The number of nitrogens with zero attached hydrogens (tertiary/aromatic N) is 1. The van der Waals surface area contributed by atoms with Gasteiger partial charge in [-0.2, -0.15) is 0 Å². The van der Waals surface area contributed by atoms with Crippen molar-refractivity contribution in [1.29, 1.82) is 0 Å². The van der Waals surface area contributed by atoms with Gasteiger partial charge in [0.15, 0.2) is 0 Å². The second kappa shape index (κ2) is 6.89. The molecule has 1 fully saturated rings. The summed E-state index contributed by atoms with van der Waals surface area (Å²) in [5.41, 5.74) is 1.10. The number of thiazole rings is 1. The largest absolute Gasteiger partial charge is 0.338 e. The van der Waals surface area contributed by atoms with E-state index in [0.29, 0.717) is 12.6 Å². The molecule has 1 aromatic heterocycles. The number of hydrogen-bond donors (Lipinski definition) is 2. The zero-order valence-electron chi connectivity index (χ0n) is 11.8. The van der Waals surface area contributed by atoms with Crippen LogP contribution in [0.5, 0.6) is 0 Å². The van der Waals surface area contributed by atoms with Gasteiger partial charge in [-0.3, -0.25) is 0 Å². The van der Waals surface area contributed by atoms with Crippen molar-refractivity contribution in [2.75, 3.05) is 6.54 Å². The van der Waals surface area contributed by atoms with Crippen LogP contribution in [0, 0.1) is 13.8 Å². The highest BCUT2D eigenvalue weighted by Gasteiger charge is 2.15. The maximum absolute atomic E-state index is 11.7. The molecule has 0 atom stereocenters. The lowest BCUT2D eigenvalue weighted by Gasteiger charge is -2.22. The van der Waals surface area contributed by atoms with E-state index in [1.807, 2.05) is 6.92 Å². The smallest absolute Gasteiger partial charge is 0.315 e. The SMILES string of the molecule is Cc1nc(CCNC(=O)NC2CCCCC2)sc1C. The molecule has 106 valence electrons. The molecule has 1 aromatic rings. The van der Waals surface area contributed by atoms with Crippen molar-refractivity contribution in [1.82, 2.24) is 15.6 Å². The van der Waals surface area contributed by atoms with Crippen LogP contribution < -0.4 is 10.6 Å². The fourth-order valence-corrected chi connectivity index (χ4v) is 3.35. The number of carbonyl (C=O) groups is 1. The summed E-state index contributed by atoms with van der Waals surface area (Å²) in [5, 5.41) is 7.08. The molecular formula is C14H23N3OS. The van der Waals surface area contributed by atoms with Gasteiger partial charge in [0.05, 0.1) is 10.7 Å².